The van der Waals surface area contributed by atoms with Crippen molar-refractivity contribution in [1.82, 2.24) is 10.3 Å². The monoisotopic (exact) mass is 270 g/mol. The fourth-order valence-electron chi connectivity index (χ4n) is 2.22. The summed E-state index contributed by atoms with van der Waals surface area (Å²) in [4.78, 5) is 4.22. The van der Waals surface area contributed by atoms with Crippen LogP contribution in [0.15, 0.2) is 18.3 Å². The number of aromatic nitrogens is 1. The molecule has 1 aromatic rings. The predicted octanol–water partition coefficient (Wildman–Crippen LogP) is 3.11. The van der Waals surface area contributed by atoms with Gasteiger partial charge in [-0.15, -0.1) is 12.4 Å². The molecule has 0 saturated carbocycles. The van der Waals surface area contributed by atoms with E-state index in [9.17, 15) is 0 Å². The van der Waals surface area contributed by atoms with E-state index in [4.69, 9.17) is 4.74 Å². The number of piperidine rings is 1. The molecule has 0 bridgehead atoms. The Morgan fingerprint density at radius 2 is 2.28 bits per heavy atom. The van der Waals surface area contributed by atoms with Crippen LogP contribution in [0.25, 0.3) is 0 Å². The highest BCUT2D eigenvalue weighted by Gasteiger charge is 2.11. The van der Waals surface area contributed by atoms with E-state index in [-0.39, 0.29) is 12.4 Å². The van der Waals surface area contributed by atoms with Crippen LogP contribution in [0.1, 0.15) is 37.7 Å². The smallest absolute Gasteiger partial charge is 0.213 e. The molecule has 1 aliphatic rings. The van der Waals surface area contributed by atoms with Gasteiger partial charge in [-0.05, 0) is 44.7 Å². The van der Waals surface area contributed by atoms with Crippen LogP contribution in [-0.2, 0) is 0 Å². The largest absolute Gasteiger partial charge is 0.478 e. The summed E-state index contributed by atoms with van der Waals surface area (Å²) >= 11 is 0. The second-order valence-electron chi connectivity index (χ2n) is 4.81. The maximum absolute atomic E-state index is 5.61. The van der Waals surface area contributed by atoms with Gasteiger partial charge in [0.2, 0.25) is 5.88 Å². The van der Waals surface area contributed by atoms with Gasteiger partial charge in [0, 0.05) is 18.3 Å². The van der Waals surface area contributed by atoms with Gasteiger partial charge >= 0.3 is 0 Å². The number of hydrogen-bond donors (Lipinski definition) is 1. The van der Waals surface area contributed by atoms with Crippen LogP contribution in [0.5, 0.6) is 5.88 Å². The number of hydrogen-bond acceptors (Lipinski definition) is 3. The number of aryl methyl sites for hydroxylation is 1. The van der Waals surface area contributed by atoms with Crippen LogP contribution in [0.3, 0.4) is 0 Å². The summed E-state index contributed by atoms with van der Waals surface area (Å²) in [7, 11) is 0. The second-order valence-corrected chi connectivity index (χ2v) is 4.81. The van der Waals surface area contributed by atoms with Crippen LogP contribution < -0.4 is 10.1 Å². The Kier molecular flexibility index (Phi) is 7.06. The highest BCUT2D eigenvalue weighted by Crippen LogP contribution is 2.12. The molecular weight excluding hydrogens is 248 g/mol. The molecule has 1 saturated heterocycles. The summed E-state index contributed by atoms with van der Waals surface area (Å²) < 4.78 is 5.61. The average molecular weight is 271 g/mol. The molecule has 18 heavy (non-hydrogen) atoms. The molecule has 0 aliphatic carbocycles. The lowest BCUT2D eigenvalue weighted by molar-refractivity contribution is 0.276. The number of halogens is 1. The summed E-state index contributed by atoms with van der Waals surface area (Å²) in [6.45, 7) is 3.99. The van der Waals surface area contributed by atoms with Crippen LogP contribution in [-0.4, -0.2) is 24.2 Å². The Balaban J connectivity index is 0.00000162. The Hall–Kier alpha value is -0.800. The summed E-state index contributed by atoms with van der Waals surface area (Å²) in [6, 6.07) is 4.68. The molecule has 0 spiro atoms. The van der Waals surface area contributed by atoms with E-state index in [0.29, 0.717) is 6.04 Å². The maximum atomic E-state index is 5.61. The van der Waals surface area contributed by atoms with Gasteiger partial charge in [0.1, 0.15) is 0 Å². The Morgan fingerprint density at radius 3 is 2.94 bits per heavy atom. The minimum Gasteiger partial charge on any atom is -0.478 e. The van der Waals surface area contributed by atoms with Crippen molar-refractivity contribution in [2.24, 2.45) is 0 Å². The predicted molar refractivity (Wildman–Crippen MR) is 76.6 cm³/mol. The zero-order valence-corrected chi connectivity index (χ0v) is 11.8. The van der Waals surface area contributed by atoms with Crippen molar-refractivity contribution in [3.8, 4) is 5.88 Å². The minimum atomic E-state index is 0. The lowest BCUT2D eigenvalue weighted by atomic mass is 10.0. The first-order valence-electron chi connectivity index (χ1n) is 6.63. The van der Waals surface area contributed by atoms with E-state index < -0.39 is 0 Å². The van der Waals surface area contributed by atoms with Crippen molar-refractivity contribution in [2.75, 3.05) is 13.2 Å². The maximum Gasteiger partial charge on any atom is 0.213 e. The molecule has 4 heteroatoms. The van der Waals surface area contributed by atoms with E-state index in [2.05, 4.69) is 10.3 Å². The Labute approximate surface area is 116 Å². The molecule has 1 aliphatic heterocycles. The Morgan fingerprint density at radius 1 is 1.39 bits per heavy atom. The molecule has 0 amide bonds. The van der Waals surface area contributed by atoms with Crippen LogP contribution >= 0.6 is 12.4 Å². The van der Waals surface area contributed by atoms with Gasteiger partial charge in [-0.25, -0.2) is 4.98 Å². The van der Waals surface area contributed by atoms with Crippen molar-refractivity contribution in [2.45, 2.75) is 45.1 Å². The van der Waals surface area contributed by atoms with Crippen LogP contribution in [0.2, 0.25) is 0 Å². The van der Waals surface area contributed by atoms with Crippen LogP contribution in [0.4, 0.5) is 0 Å². The third-order valence-corrected chi connectivity index (χ3v) is 3.24. The molecule has 1 fully saturated rings. The topological polar surface area (TPSA) is 34.1 Å². The molecule has 1 atom stereocenters. The number of pyridine rings is 1. The van der Waals surface area contributed by atoms with Gasteiger partial charge < -0.3 is 10.1 Å². The van der Waals surface area contributed by atoms with E-state index >= 15 is 0 Å². The molecule has 1 N–H and O–H groups in total. The number of nitrogens with one attached hydrogen (secondary N) is 1. The van der Waals surface area contributed by atoms with Crippen molar-refractivity contribution >= 4 is 12.4 Å². The van der Waals surface area contributed by atoms with E-state index in [0.717, 1.165) is 18.9 Å². The standard InChI is InChI=1S/C14H22N2O.ClH/c1-12-7-8-14(16-11-12)17-10-4-6-13-5-2-3-9-15-13;/h7-8,11,13,15H,2-6,9-10H2,1H3;1H. The van der Waals surface area contributed by atoms with E-state index in [1.54, 1.807) is 0 Å². The van der Waals surface area contributed by atoms with Crippen molar-refractivity contribution < 1.29 is 4.74 Å². The van der Waals surface area contributed by atoms with Gasteiger partial charge in [-0.2, -0.15) is 0 Å². The lowest BCUT2D eigenvalue weighted by Gasteiger charge is -2.23. The lowest BCUT2D eigenvalue weighted by Crippen LogP contribution is -2.34. The summed E-state index contributed by atoms with van der Waals surface area (Å²) in [5.41, 5.74) is 1.17. The van der Waals surface area contributed by atoms with Crippen molar-refractivity contribution in [3.63, 3.8) is 0 Å². The van der Waals surface area contributed by atoms with Crippen LogP contribution in [0, 0.1) is 6.92 Å². The fourth-order valence-corrected chi connectivity index (χ4v) is 2.22. The van der Waals surface area contributed by atoms with Gasteiger partial charge in [0.05, 0.1) is 6.61 Å². The molecule has 2 rings (SSSR count). The molecule has 3 nitrogen and oxygen atoms in total. The zero-order valence-electron chi connectivity index (χ0n) is 11.0. The normalized spacial score (nSPS) is 19.1. The number of rotatable bonds is 5. The van der Waals surface area contributed by atoms with E-state index in [1.165, 1.54) is 37.8 Å². The number of ether oxygens (including phenoxy) is 1. The second kappa shape index (κ2) is 8.33. The van der Waals surface area contributed by atoms with Crippen molar-refractivity contribution in [1.29, 1.82) is 0 Å². The quantitative estimate of drug-likeness (QED) is 0.835. The molecule has 2 heterocycles. The van der Waals surface area contributed by atoms with Gasteiger partial charge in [-0.1, -0.05) is 12.5 Å². The van der Waals surface area contributed by atoms with E-state index in [1.807, 2.05) is 25.3 Å². The molecule has 0 radical (unpaired) electrons. The third kappa shape index (κ3) is 5.23. The minimum absolute atomic E-state index is 0. The molecule has 1 unspecified atom stereocenters. The average Bonchev–Trinajstić information content (AvgIpc) is 2.38. The summed E-state index contributed by atoms with van der Waals surface area (Å²) in [6.07, 6.45) is 8.19. The summed E-state index contributed by atoms with van der Waals surface area (Å²) in [5.74, 6) is 0.743. The Bertz CT molecular complexity index is 323. The third-order valence-electron chi connectivity index (χ3n) is 3.24. The first-order chi connectivity index (χ1) is 8.34. The molecule has 102 valence electrons. The summed E-state index contributed by atoms with van der Waals surface area (Å²) in [5, 5.41) is 3.55. The molecular formula is C14H23ClN2O. The van der Waals surface area contributed by atoms with Gasteiger partial charge in [0.15, 0.2) is 0 Å². The number of nitrogens with zero attached hydrogens (tertiary/aromatic N) is 1. The SMILES string of the molecule is Cc1ccc(OCCCC2CCCCN2)nc1.Cl. The first-order valence-corrected chi connectivity index (χ1v) is 6.63. The zero-order chi connectivity index (χ0) is 11.9. The fraction of sp³-hybridized carbons (Fsp3) is 0.643. The molecule has 0 aromatic carbocycles. The molecule has 1 aromatic heterocycles. The van der Waals surface area contributed by atoms with Gasteiger partial charge in [-0.3, -0.25) is 0 Å². The highest BCUT2D eigenvalue weighted by atomic mass is 35.5. The first kappa shape index (κ1) is 15.3. The van der Waals surface area contributed by atoms with Gasteiger partial charge in [0.25, 0.3) is 0 Å². The van der Waals surface area contributed by atoms with Crippen molar-refractivity contribution in [3.05, 3.63) is 23.9 Å². The highest BCUT2D eigenvalue weighted by molar-refractivity contribution is 5.85.